The zero-order chi connectivity index (χ0) is 53.1. The van der Waals surface area contributed by atoms with Crippen molar-refractivity contribution in [3.05, 3.63) is 0 Å². The molecule has 12 nitrogen and oxygen atoms in total. The summed E-state index contributed by atoms with van der Waals surface area (Å²) < 4.78 is 60.2. The van der Waals surface area contributed by atoms with Crippen LogP contribution in [-0.4, -0.2) is 110 Å². The van der Waals surface area contributed by atoms with Crippen LogP contribution in [0.1, 0.15) is 232 Å². The standard InChI is InChI=1S/2C18H30O4.2C13H21IO2/c2*1-2-20-16(19)6-3-5-15-7-10-17(13-15)8-4-9-18(14-17)21-11-12-22-18;2*14-9-11-2-5-12(8-11)3-1-4-13(10-12)15-6-7-16-13/h2*15H,2-14H2,1H3;2*11H,1-10H2/t15-,17+;15-,17-;11-,12+;11-,12-/m0101/s1. The summed E-state index contributed by atoms with van der Waals surface area (Å²) in [6.45, 7) is 11.0. The molecule has 0 aromatic heterocycles. The van der Waals surface area contributed by atoms with Gasteiger partial charge < -0.3 is 47.4 Å². The fraction of sp³-hybridized carbons (Fsp3) is 0.968. The van der Waals surface area contributed by atoms with E-state index in [-0.39, 0.29) is 35.1 Å². The van der Waals surface area contributed by atoms with E-state index in [1.54, 1.807) is 0 Å². The summed E-state index contributed by atoms with van der Waals surface area (Å²) in [5.41, 5.74) is 2.02. The highest BCUT2D eigenvalue weighted by molar-refractivity contribution is 14.1. The molecule has 76 heavy (non-hydrogen) atoms. The summed E-state index contributed by atoms with van der Waals surface area (Å²) in [6, 6.07) is 0. The molecule has 4 aliphatic heterocycles. The third-order valence-electron chi connectivity index (χ3n) is 21.1. The number of rotatable bonds is 12. The van der Waals surface area contributed by atoms with E-state index in [0.717, 1.165) is 141 Å². The SMILES string of the molecule is CCOC(=O)CCC[C@@H]1CC[C@]2(CCCC3(C2)OCCO3)C1.CCOC(=O)CCC[C@H]1CC[C@]2(CCCC3(C2)OCCO3)C1.IC[C@@H]1CC[C@]2(CCCC3(C2)OCCO3)C1.IC[C@H]1CC[C@]2(CCCC3(C2)OCCO3)C1. The second-order valence-electron chi connectivity index (χ2n) is 26.7. The molecule has 12 fully saturated rings. The molecule has 0 unspecified atom stereocenters. The minimum absolute atomic E-state index is 0.0421. The largest absolute Gasteiger partial charge is 0.466 e. The molecule has 8 spiro atoms. The molecule has 0 aromatic rings. The third-order valence-corrected chi connectivity index (χ3v) is 23.6. The molecule has 4 saturated heterocycles. The van der Waals surface area contributed by atoms with Crippen LogP contribution in [0.3, 0.4) is 0 Å². The van der Waals surface area contributed by atoms with E-state index in [2.05, 4.69) is 45.2 Å². The first-order valence-corrected chi connectivity index (χ1v) is 34.4. The highest BCUT2D eigenvalue weighted by Gasteiger charge is 2.55. The van der Waals surface area contributed by atoms with E-state index in [0.29, 0.717) is 47.7 Å². The van der Waals surface area contributed by atoms with Gasteiger partial charge in [0.15, 0.2) is 23.1 Å². The van der Waals surface area contributed by atoms with Crippen LogP contribution in [0.25, 0.3) is 0 Å². The first kappa shape index (κ1) is 60.7. The average molecular weight is 1290 g/mol. The van der Waals surface area contributed by atoms with Gasteiger partial charge in [-0.3, -0.25) is 9.59 Å². The van der Waals surface area contributed by atoms with Gasteiger partial charge in [-0.1, -0.05) is 45.2 Å². The Morgan fingerprint density at radius 1 is 0.395 bits per heavy atom. The van der Waals surface area contributed by atoms with Gasteiger partial charge in [0.25, 0.3) is 0 Å². The average Bonchev–Trinajstić information content (AvgIpc) is 4.30. The first-order valence-electron chi connectivity index (χ1n) is 31.4. The lowest BCUT2D eigenvalue weighted by atomic mass is 9.69. The molecule has 12 aliphatic rings. The van der Waals surface area contributed by atoms with Gasteiger partial charge in [0, 0.05) is 73.1 Å². The molecule has 0 radical (unpaired) electrons. The number of esters is 2. The molecular weight excluding hydrogens is 1190 g/mol. The van der Waals surface area contributed by atoms with E-state index in [4.69, 9.17) is 47.4 Å². The van der Waals surface area contributed by atoms with Gasteiger partial charge in [0.2, 0.25) is 0 Å². The predicted molar refractivity (Wildman–Crippen MR) is 310 cm³/mol. The molecule has 8 atom stereocenters. The molecule has 436 valence electrons. The first-order chi connectivity index (χ1) is 36.8. The number of carbonyl (C=O) groups excluding carboxylic acids is 2. The van der Waals surface area contributed by atoms with Crippen LogP contribution in [0.15, 0.2) is 0 Å². The monoisotopic (exact) mass is 1290 g/mol. The fourth-order valence-corrected chi connectivity index (χ4v) is 19.6. The molecule has 0 bridgehead atoms. The van der Waals surface area contributed by atoms with Crippen LogP contribution in [0.4, 0.5) is 0 Å². The van der Waals surface area contributed by atoms with Gasteiger partial charge in [0.05, 0.1) is 66.1 Å². The molecule has 14 heteroatoms. The van der Waals surface area contributed by atoms with Gasteiger partial charge in [-0.2, -0.15) is 0 Å². The van der Waals surface area contributed by atoms with Crippen molar-refractivity contribution >= 4 is 57.1 Å². The highest BCUT2D eigenvalue weighted by atomic mass is 127. The summed E-state index contributed by atoms with van der Waals surface area (Å²) in [4.78, 5) is 22.9. The lowest BCUT2D eigenvalue weighted by Crippen LogP contribution is -2.41. The molecule has 0 amide bonds. The summed E-state index contributed by atoms with van der Waals surface area (Å²) in [5.74, 6) is 2.53. The number of alkyl halides is 2. The highest BCUT2D eigenvalue weighted by Crippen LogP contribution is 2.60. The Morgan fingerprint density at radius 3 is 0.908 bits per heavy atom. The van der Waals surface area contributed by atoms with Crippen LogP contribution < -0.4 is 0 Å². The number of hydrogen-bond donors (Lipinski definition) is 0. The van der Waals surface area contributed by atoms with Crippen molar-refractivity contribution in [1.82, 2.24) is 0 Å². The predicted octanol–water partition coefficient (Wildman–Crippen LogP) is 14.7. The van der Waals surface area contributed by atoms with Crippen LogP contribution in [-0.2, 0) is 57.0 Å². The van der Waals surface area contributed by atoms with Gasteiger partial charge in [-0.05, 0) is 213 Å². The Hall–Kier alpha value is 0.0800. The second-order valence-corrected chi connectivity index (χ2v) is 28.5. The van der Waals surface area contributed by atoms with E-state index >= 15 is 0 Å². The summed E-state index contributed by atoms with van der Waals surface area (Å²) >= 11 is 5.09. The van der Waals surface area contributed by atoms with Crippen molar-refractivity contribution < 1.29 is 57.0 Å². The smallest absolute Gasteiger partial charge is 0.305 e. The molecule has 0 aromatic carbocycles. The molecule has 8 saturated carbocycles. The lowest BCUT2D eigenvalue weighted by Gasteiger charge is -2.43. The zero-order valence-corrected chi connectivity index (χ0v) is 51.8. The van der Waals surface area contributed by atoms with Gasteiger partial charge in [-0.25, -0.2) is 0 Å². The van der Waals surface area contributed by atoms with E-state index in [1.807, 2.05) is 13.8 Å². The van der Waals surface area contributed by atoms with Crippen molar-refractivity contribution in [2.24, 2.45) is 45.3 Å². The van der Waals surface area contributed by atoms with Crippen LogP contribution in [0.5, 0.6) is 0 Å². The topological polar surface area (TPSA) is 126 Å². The molecule has 12 rings (SSSR count). The normalized spacial score (nSPS) is 37.2. The molecule has 8 aliphatic carbocycles. The van der Waals surface area contributed by atoms with Crippen LogP contribution in [0.2, 0.25) is 0 Å². The number of halogens is 2. The van der Waals surface area contributed by atoms with Crippen molar-refractivity contribution in [1.29, 1.82) is 0 Å². The number of hydrogen-bond acceptors (Lipinski definition) is 12. The van der Waals surface area contributed by atoms with Crippen molar-refractivity contribution in [3.8, 4) is 0 Å². The van der Waals surface area contributed by atoms with Gasteiger partial charge in [-0.15, -0.1) is 0 Å². The van der Waals surface area contributed by atoms with Crippen LogP contribution in [0, 0.1) is 45.3 Å². The number of ether oxygens (including phenoxy) is 10. The van der Waals surface area contributed by atoms with Gasteiger partial charge >= 0.3 is 11.9 Å². The van der Waals surface area contributed by atoms with E-state index in [1.165, 1.54) is 150 Å². The minimum atomic E-state index is -0.252. The lowest BCUT2D eigenvalue weighted by molar-refractivity contribution is -0.202. The summed E-state index contributed by atoms with van der Waals surface area (Å²) in [5, 5.41) is 0. The van der Waals surface area contributed by atoms with Crippen molar-refractivity contribution in [3.63, 3.8) is 0 Å². The van der Waals surface area contributed by atoms with Gasteiger partial charge in [0.1, 0.15) is 0 Å². The third kappa shape index (κ3) is 15.8. The maximum atomic E-state index is 11.4. The Morgan fingerprint density at radius 2 is 0.658 bits per heavy atom. The Kier molecular flexibility index (Phi) is 22.1. The van der Waals surface area contributed by atoms with E-state index < -0.39 is 0 Å². The second kappa shape index (κ2) is 27.6. The maximum absolute atomic E-state index is 11.4. The number of carbonyl (C=O) groups is 2. The van der Waals surface area contributed by atoms with E-state index in [9.17, 15) is 9.59 Å². The Bertz CT molecular complexity index is 1680. The maximum Gasteiger partial charge on any atom is 0.305 e. The molecular formula is C62H102I2O12. The summed E-state index contributed by atoms with van der Waals surface area (Å²) in [6.07, 6.45) is 41.2. The molecule has 4 heterocycles. The van der Waals surface area contributed by atoms with Crippen molar-refractivity contribution in [2.75, 3.05) is 74.9 Å². The Labute approximate surface area is 486 Å². The van der Waals surface area contributed by atoms with Crippen LogP contribution >= 0.6 is 45.2 Å². The summed E-state index contributed by atoms with van der Waals surface area (Å²) in [7, 11) is 0. The molecule has 0 N–H and O–H groups in total. The quantitative estimate of drug-likeness (QED) is 0.105. The van der Waals surface area contributed by atoms with Crippen molar-refractivity contribution in [2.45, 2.75) is 255 Å². The fourth-order valence-electron chi connectivity index (χ4n) is 18.0. The zero-order valence-electron chi connectivity index (χ0n) is 47.5. The minimum Gasteiger partial charge on any atom is -0.466 e. The Balaban J connectivity index is 0.000000125.